The van der Waals surface area contributed by atoms with Crippen molar-refractivity contribution in [3.63, 3.8) is 0 Å². The van der Waals surface area contributed by atoms with Crippen LogP contribution in [-0.4, -0.2) is 26.7 Å². The molecular formula is C11H12ClN3O. The standard InChI is InChI=1S/C11H12ClN3O/c1-11(7-16,8-3-2-5-13-8)9-4-6-14-10(12)15-9/h2-6,13,16H,7H2,1H3. The lowest BCUT2D eigenvalue weighted by atomic mass is 9.84. The zero-order valence-corrected chi connectivity index (χ0v) is 9.57. The molecule has 0 aliphatic carbocycles. The summed E-state index contributed by atoms with van der Waals surface area (Å²) in [7, 11) is 0. The number of aromatic nitrogens is 3. The first-order chi connectivity index (χ1) is 7.66. The predicted octanol–water partition coefficient (Wildman–Crippen LogP) is 1.76. The largest absolute Gasteiger partial charge is 0.395 e. The number of hydrogen-bond acceptors (Lipinski definition) is 3. The number of hydrogen-bond donors (Lipinski definition) is 2. The van der Waals surface area contributed by atoms with Gasteiger partial charge in [0.05, 0.1) is 17.7 Å². The Bertz CT molecular complexity index is 472. The van der Waals surface area contributed by atoms with Crippen LogP contribution in [0.25, 0.3) is 0 Å². The molecule has 2 N–H and O–H groups in total. The van der Waals surface area contributed by atoms with Gasteiger partial charge in [0.15, 0.2) is 0 Å². The summed E-state index contributed by atoms with van der Waals surface area (Å²) in [5, 5.41) is 9.76. The predicted molar refractivity (Wildman–Crippen MR) is 61.4 cm³/mol. The Morgan fingerprint density at radius 1 is 1.50 bits per heavy atom. The third-order valence-corrected chi connectivity index (χ3v) is 2.88. The zero-order chi connectivity index (χ0) is 11.6. The molecule has 2 aromatic rings. The van der Waals surface area contributed by atoms with E-state index in [0.717, 1.165) is 5.69 Å². The normalized spacial score (nSPS) is 14.7. The van der Waals surface area contributed by atoms with Gasteiger partial charge in [-0.15, -0.1) is 0 Å². The van der Waals surface area contributed by atoms with Crippen molar-refractivity contribution in [1.29, 1.82) is 0 Å². The maximum absolute atomic E-state index is 9.58. The Morgan fingerprint density at radius 3 is 2.88 bits per heavy atom. The highest BCUT2D eigenvalue weighted by atomic mass is 35.5. The highest BCUT2D eigenvalue weighted by molar-refractivity contribution is 6.28. The summed E-state index contributed by atoms with van der Waals surface area (Å²) >= 11 is 5.76. The lowest BCUT2D eigenvalue weighted by molar-refractivity contribution is 0.225. The molecule has 4 nitrogen and oxygen atoms in total. The molecular weight excluding hydrogens is 226 g/mol. The molecule has 0 spiro atoms. The van der Waals surface area contributed by atoms with Crippen molar-refractivity contribution in [2.75, 3.05) is 6.61 Å². The monoisotopic (exact) mass is 237 g/mol. The first kappa shape index (κ1) is 11.1. The van der Waals surface area contributed by atoms with Gasteiger partial charge in [-0.2, -0.15) is 0 Å². The van der Waals surface area contributed by atoms with Gasteiger partial charge in [0, 0.05) is 18.1 Å². The van der Waals surface area contributed by atoms with E-state index >= 15 is 0 Å². The minimum absolute atomic E-state index is 0.0547. The van der Waals surface area contributed by atoms with Crippen LogP contribution in [0.4, 0.5) is 0 Å². The number of aliphatic hydroxyl groups excluding tert-OH is 1. The van der Waals surface area contributed by atoms with E-state index in [1.807, 2.05) is 25.3 Å². The zero-order valence-electron chi connectivity index (χ0n) is 8.81. The molecule has 0 saturated carbocycles. The van der Waals surface area contributed by atoms with Gasteiger partial charge in [-0.1, -0.05) is 0 Å². The quantitative estimate of drug-likeness (QED) is 0.800. The fourth-order valence-electron chi connectivity index (χ4n) is 1.62. The van der Waals surface area contributed by atoms with Gasteiger partial charge in [0.25, 0.3) is 0 Å². The number of aliphatic hydroxyl groups is 1. The SMILES string of the molecule is CC(CO)(c1ccnc(Cl)n1)c1ccc[nH]1. The average molecular weight is 238 g/mol. The Labute approximate surface area is 98.3 Å². The minimum Gasteiger partial charge on any atom is -0.395 e. The second-order valence-corrected chi connectivity index (χ2v) is 4.12. The lowest BCUT2D eigenvalue weighted by Gasteiger charge is -2.25. The van der Waals surface area contributed by atoms with Crippen molar-refractivity contribution in [2.24, 2.45) is 0 Å². The molecule has 0 radical (unpaired) electrons. The van der Waals surface area contributed by atoms with Gasteiger partial charge in [-0.25, -0.2) is 9.97 Å². The topological polar surface area (TPSA) is 61.8 Å². The summed E-state index contributed by atoms with van der Waals surface area (Å²) in [6.45, 7) is 1.85. The van der Waals surface area contributed by atoms with E-state index in [-0.39, 0.29) is 11.9 Å². The second kappa shape index (κ2) is 4.23. The van der Waals surface area contributed by atoms with Crippen LogP contribution < -0.4 is 0 Å². The van der Waals surface area contributed by atoms with Crippen molar-refractivity contribution < 1.29 is 5.11 Å². The average Bonchev–Trinajstić information content (AvgIpc) is 2.82. The van der Waals surface area contributed by atoms with Crippen LogP contribution in [0.15, 0.2) is 30.6 Å². The Balaban J connectivity index is 2.50. The number of nitrogens with zero attached hydrogens (tertiary/aromatic N) is 2. The molecule has 5 heteroatoms. The van der Waals surface area contributed by atoms with E-state index in [0.29, 0.717) is 5.69 Å². The molecule has 2 heterocycles. The molecule has 1 unspecified atom stereocenters. The maximum Gasteiger partial charge on any atom is 0.222 e. The number of aromatic amines is 1. The molecule has 0 fully saturated rings. The van der Waals surface area contributed by atoms with E-state index in [1.165, 1.54) is 0 Å². The van der Waals surface area contributed by atoms with Gasteiger partial charge in [-0.05, 0) is 36.7 Å². The smallest absolute Gasteiger partial charge is 0.222 e. The molecule has 2 rings (SSSR count). The van der Waals surface area contributed by atoms with E-state index in [1.54, 1.807) is 12.3 Å². The number of nitrogens with one attached hydrogen (secondary N) is 1. The fourth-order valence-corrected chi connectivity index (χ4v) is 1.77. The van der Waals surface area contributed by atoms with Crippen LogP contribution in [0.3, 0.4) is 0 Å². The molecule has 0 aromatic carbocycles. The Kier molecular flexibility index (Phi) is 2.94. The first-order valence-corrected chi connectivity index (χ1v) is 5.28. The van der Waals surface area contributed by atoms with Crippen LogP contribution >= 0.6 is 11.6 Å². The molecule has 2 aromatic heterocycles. The highest BCUT2D eigenvalue weighted by Crippen LogP contribution is 2.29. The van der Waals surface area contributed by atoms with Crippen LogP contribution in [-0.2, 0) is 5.41 Å². The summed E-state index contributed by atoms with van der Waals surface area (Å²) in [5.74, 6) is 0. The van der Waals surface area contributed by atoms with Crippen molar-refractivity contribution in [2.45, 2.75) is 12.3 Å². The maximum atomic E-state index is 9.58. The molecule has 84 valence electrons. The second-order valence-electron chi connectivity index (χ2n) is 3.78. The Morgan fingerprint density at radius 2 is 2.31 bits per heavy atom. The van der Waals surface area contributed by atoms with Crippen LogP contribution in [0, 0.1) is 0 Å². The minimum atomic E-state index is -0.587. The van der Waals surface area contributed by atoms with Crippen LogP contribution in [0.1, 0.15) is 18.3 Å². The van der Waals surface area contributed by atoms with Gasteiger partial charge in [0.1, 0.15) is 0 Å². The third kappa shape index (κ3) is 1.81. The molecule has 0 aliphatic heterocycles. The summed E-state index contributed by atoms with van der Waals surface area (Å²) in [4.78, 5) is 11.1. The van der Waals surface area contributed by atoms with E-state index in [9.17, 15) is 5.11 Å². The number of halogens is 1. The van der Waals surface area contributed by atoms with Crippen molar-refractivity contribution >= 4 is 11.6 Å². The van der Waals surface area contributed by atoms with Crippen molar-refractivity contribution in [1.82, 2.24) is 15.0 Å². The lowest BCUT2D eigenvalue weighted by Crippen LogP contribution is -2.30. The van der Waals surface area contributed by atoms with E-state index in [4.69, 9.17) is 11.6 Å². The first-order valence-electron chi connectivity index (χ1n) is 4.90. The summed E-state index contributed by atoms with van der Waals surface area (Å²) in [6, 6.07) is 5.54. The highest BCUT2D eigenvalue weighted by Gasteiger charge is 2.31. The van der Waals surface area contributed by atoms with Gasteiger partial charge >= 0.3 is 0 Å². The summed E-state index contributed by atoms with van der Waals surface area (Å²) in [6.07, 6.45) is 3.40. The fraction of sp³-hybridized carbons (Fsp3) is 0.273. The Hall–Kier alpha value is -1.39. The van der Waals surface area contributed by atoms with Crippen molar-refractivity contribution in [3.8, 4) is 0 Å². The summed E-state index contributed by atoms with van der Waals surface area (Å²) < 4.78 is 0. The van der Waals surface area contributed by atoms with Crippen molar-refractivity contribution in [3.05, 3.63) is 47.3 Å². The van der Waals surface area contributed by atoms with E-state index in [2.05, 4.69) is 15.0 Å². The number of rotatable bonds is 3. The molecule has 0 bridgehead atoms. The summed E-state index contributed by atoms with van der Waals surface area (Å²) in [5.41, 5.74) is 0.998. The molecule has 0 amide bonds. The molecule has 0 aliphatic rings. The molecule has 0 saturated heterocycles. The number of H-pyrrole nitrogens is 1. The van der Waals surface area contributed by atoms with Crippen LogP contribution in [0.2, 0.25) is 5.28 Å². The van der Waals surface area contributed by atoms with Crippen LogP contribution in [0.5, 0.6) is 0 Å². The van der Waals surface area contributed by atoms with Gasteiger partial charge in [-0.3, -0.25) is 0 Å². The molecule has 16 heavy (non-hydrogen) atoms. The van der Waals surface area contributed by atoms with Gasteiger partial charge in [0.2, 0.25) is 5.28 Å². The third-order valence-electron chi connectivity index (χ3n) is 2.70. The van der Waals surface area contributed by atoms with Gasteiger partial charge < -0.3 is 10.1 Å². The molecule has 1 atom stereocenters. The van der Waals surface area contributed by atoms with E-state index < -0.39 is 5.41 Å².